The summed E-state index contributed by atoms with van der Waals surface area (Å²) in [5.74, 6) is 0.167. The molecule has 2 atom stereocenters. The molecule has 0 bridgehead atoms. The smallest absolute Gasteiger partial charge is 0.158 e. The van der Waals surface area contributed by atoms with E-state index in [0.717, 1.165) is 31.4 Å². The van der Waals surface area contributed by atoms with Crippen LogP contribution in [0, 0.1) is 0 Å². The Morgan fingerprint density at radius 2 is 1.94 bits per heavy atom. The number of rotatable bonds is 5. The van der Waals surface area contributed by atoms with Gasteiger partial charge in [0.15, 0.2) is 9.84 Å². The summed E-state index contributed by atoms with van der Waals surface area (Å²) >= 11 is 0. The van der Waals surface area contributed by atoms with Crippen LogP contribution in [0.1, 0.15) is 31.7 Å². The first-order valence-corrected chi connectivity index (χ1v) is 8.34. The van der Waals surface area contributed by atoms with E-state index in [1.165, 1.54) is 0 Å². The zero-order chi connectivity index (χ0) is 13.0. The topological polar surface area (TPSA) is 46.2 Å². The van der Waals surface area contributed by atoms with Crippen LogP contribution in [-0.4, -0.2) is 26.3 Å². The van der Waals surface area contributed by atoms with Gasteiger partial charge in [0.25, 0.3) is 0 Å². The first kappa shape index (κ1) is 13.6. The van der Waals surface area contributed by atoms with Crippen LogP contribution in [0.15, 0.2) is 30.3 Å². The molecule has 1 fully saturated rings. The quantitative estimate of drug-likeness (QED) is 0.889. The van der Waals surface area contributed by atoms with Gasteiger partial charge in [0.05, 0.1) is 11.0 Å². The molecule has 1 aromatic rings. The molecule has 0 aliphatic heterocycles. The Morgan fingerprint density at radius 1 is 1.22 bits per heavy atom. The molecule has 0 radical (unpaired) electrons. The molecule has 100 valence electrons. The highest BCUT2D eigenvalue weighted by Crippen LogP contribution is 2.27. The van der Waals surface area contributed by atoms with Crippen molar-refractivity contribution < 1.29 is 8.42 Å². The lowest BCUT2D eigenvalue weighted by Gasteiger charge is -2.20. The number of sulfone groups is 1. The van der Waals surface area contributed by atoms with E-state index in [4.69, 9.17) is 0 Å². The van der Waals surface area contributed by atoms with Crippen molar-refractivity contribution in [3.8, 4) is 0 Å². The van der Waals surface area contributed by atoms with Gasteiger partial charge in [-0.05, 0) is 24.9 Å². The van der Waals surface area contributed by atoms with Crippen LogP contribution < -0.4 is 5.32 Å². The maximum Gasteiger partial charge on any atom is 0.158 e. The zero-order valence-corrected chi connectivity index (χ0v) is 11.6. The second-order valence-corrected chi connectivity index (χ2v) is 7.15. The van der Waals surface area contributed by atoms with Gasteiger partial charge in [-0.2, -0.15) is 0 Å². The summed E-state index contributed by atoms with van der Waals surface area (Å²) in [6.07, 6.45) is 2.79. The normalized spacial score (nSPS) is 24.3. The fourth-order valence-corrected chi connectivity index (χ4v) is 4.89. The second-order valence-electron chi connectivity index (χ2n) is 4.93. The van der Waals surface area contributed by atoms with Gasteiger partial charge in [-0.3, -0.25) is 0 Å². The van der Waals surface area contributed by atoms with Gasteiger partial charge in [-0.1, -0.05) is 43.7 Å². The van der Waals surface area contributed by atoms with Crippen molar-refractivity contribution in [1.82, 2.24) is 5.32 Å². The van der Waals surface area contributed by atoms with Gasteiger partial charge in [0.1, 0.15) is 0 Å². The highest BCUT2D eigenvalue weighted by Gasteiger charge is 2.36. The van der Waals surface area contributed by atoms with Crippen LogP contribution in [0.4, 0.5) is 0 Å². The molecule has 0 aromatic heterocycles. The molecule has 1 saturated carbocycles. The molecule has 2 rings (SSSR count). The summed E-state index contributed by atoms with van der Waals surface area (Å²) in [7, 11) is -3.05. The van der Waals surface area contributed by atoms with E-state index >= 15 is 0 Å². The maximum absolute atomic E-state index is 12.4. The van der Waals surface area contributed by atoms with Gasteiger partial charge in [0.2, 0.25) is 0 Å². The Morgan fingerprint density at radius 3 is 2.61 bits per heavy atom. The van der Waals surface area contributed by atoms with Crippen molar-refractivity contribution >= 4 is 9.84 Å². The van der Waals surface area contributed by atoms with Crippen molar-refractivity contribution in [3.63, 3.8) is 0 Å². The van der Waals surface area contributed by atoms with E-state index in [9.17, 15) is 8.42 Å². The molecule has 1 aromatic carbocycles. The fraction of sp³-hybridized carbons (Fsp3) is 0.571. The van der Waals surface area contributed by atoms with E-state index in [0.29, 0.717) is 0 Å². The molecule has 0 heterocycles. The number of nitrogens with one attached hydrogen (secondary N) is 1. The monoisotopic (exact) mass is 267 g/mol. The fourth-order valence-electron chi connectivity index (χ4n) is 2.77. The third-order valence-corrected chi connectivity index (χ3v) is 5.81. The summed E-state index contributed by atoms with van der Waals surface area (Å²) in [5, 5.41) is 3.10. The third kappa shape index (κ3) is 3.12. The maximum atomic E-state index is 12.4. The van der Waals surface area contributed by atoms with E-state index in [-0.39, 0.29) is 17.0 Å². The van der Waals surface area contributed by atoms with Gasteiger partial charge in [0, 0.05) is 6.04 Å². The average molecular weight is 267 g/mol. The first-order chi connectivity index (χ1) is 8.63. The molecule has 0 saturated heterocycles. The van der Waals surface area contributed by atoms with Gasteiger partial charge in [-0.25, -0.2) is 8.42 Å². The van der Waals surface area contributed by atoms with Crippen LogP contribution in [0.3, 0.4) is 0 Å². The lowest BCUT2D eigenvalue weighted by molar-refractivity contribution is 0.517. The lowest BCUT2D eigenvalue weighted by Crippen LogP contribution is -2.40. The summed E-state index contributed by atoms with van der Waals surface area (Å²) < 4.78 is 24.9. The Hall–Kier alpha value is -0.870. The number of hydrogen-bond donors (Lipinski definition) is 1. The van der Waals surface area contributed by atoms with Crippen molar-refractivity contribution in [2.24, 2.45) is 0 Å². The van der Waals surface area contributed by atoms with Gasteiger partial charge < -0.3 is 5.32 Å². The van der Waals surface area contributed by atoms with Crippen LogP contribution in [0.5, 0.6) is 0 Å². The Balaban J connectivity index is 2.11. The molecule has 4 heteroatoms. The van der Waals surface area contributed by atoms with Crippen LogP contribution in [0.25, 0.3) is 0 Å². The molecular formula is C14H21NO2S. The minimum Gasteiger partial charge on any atom is -0.313 e. The molecule has 3 nitrogen and oxygen atoms in total. The molecule has 18 heavy (non-hydrogen) atoms. The van der Waals surface area contributed by atoms with Crippen molar-refractivity contribution in [3.05, 3.63) is 35.9 Å². The lowest BCUT2D eigenvalue weighted by atomic mass is 10.2. The van der Waals surface area contributed by atoms with Crippen molar-refractivity contribution in [2.75, 3.05) is 6.54 Å². The summed E-state index contributed by atoms with van der Waals surface area (Å²) in [6, 6.07) is 9.60. The SMILES string of the molecule is CCNC1CCCC1S(=O)(=O)Cc1ccccc1. The van der Waals surface area contributed by atoms with E-state index in [2.05, 4.69) is 5.32 Å². The molecule has 1 aliphatic rings. The second kappa shape index (κ2) is 5.85. The van der Waals surface area contributed by atoms with Crippen molar-refractivity contribution in [2.45, 2.75) is 43.2 Å². The third-order valence-electron chi connectivity index (χ3n) is 3.59. The van der Waals surface area contributed by atoms with Gasteiger partial charge >= 0.3 is 0 Å². The molecule has 2 unspecified atom stereocenters. The summed E-state index contributed by atoms with van der Waals surface area (Å²) in [6.45, 7) is 2.86. The minimum absolute atomic E-state index is 0.142. The summed E-state index contributed by atoms with van der Waals surface area (Å²) in [5.41, 5.74) is 0.889. The zero-order valence-electron chi connectivity index (χ0n) is 10.8. The van der Waals surface area contributed by atoms with Crippen molar-refractivity contribution in [1.29, 1.82) is 0 Å². The Labute approximate surface area is 110 Å². The van der Waals surface area contributed by atoms with Crippen LogP contribution >= 0.6 is 0 Å². The molecule has 0 spiro atoms. The Kier molecular flexibility index (Phi) is 4.40. The number of benzene rings is 1. The van der Waals surface area contributed by atoms with E-state index < -0.39 is 9.84 Å². The molecule has 1 N–H and O–H groups in total. The molecular weight excluding hydrogens is 246 g/mol. The Bertz CT molecular complexity index is 470. The highest BCUT2D eigenvalue weighted by molar-refractivity contribution is 7.91. The van der Waals surface area contributed by atoms with Crippen LogP contribution in [0.2, 0.25) is 0 Å². The highest BCUT2D eigenvalue weighted by atomic mass is 32.2. The first-order valence-electron chi connectivity index (χ1n) is 6.62. The molecule has 1 aliphatic carbocycles. The standard InChI is InChI=1S/C14H21NO2S/c1-2-15-13-9-6-10-14(13)18(16,17)11-12-7-4-3-5-8-12/h3-5,7-8,13-15H,2,6,9-11H2,1H3. The van der Waals surface area contributed by atoms with E-state index in [1.807, 2.05) is 37.3 Å². The molecule has 0 amide bonds. The summed E-state index contributed by atoms with van der Waals surface area (Å²) in [4.78, 5) is 0. The van der Waals surface area contributed by atoms with E-state index in [1.54, 1.807) is 0 Å². The van der Waals surface area contributed by atoms with Gasteiger partial charge in [-0.15, -0.1) is 0 Å². The largest absolute Gasteiger partial charge is 0.313 e. The number of hydrogen-bond acceptors (Lipinski definition) is 3. The average Bonchev–Trinajstić information content (AvgIpc) is 2.79. The minimum atomic E-state index is -3.05. The predicted molar refractivity (Wildman–Crippen MR) is 74.2 cm³/mol. The predicted octanol–water partition coefficient (Wildman–Crippen LogP) is 2.13. The van der Waals surface area contributed by atoms with Crippen LogP contribution in [-0.2, 0) is 15.6 Å².